The van der Waals surface area contributed by atoms with Gasteiger partial charge in [0.15, 0.2) is 0 Å². The zero-order valence-electron chi connectivity index (χ0n) is 34.0. The molecule has 0 aliphatic rings. The molecule has 0 saturated carbocycles. The summed E-state index contributed by atoms with van der Waals surface area (Å²) in [5, 5.41) is 0. The Balaban J connectivity index is 0.000000991. The maximum absolute atomic E-state index is 12.4. The Bertz CT molecular complexity index is 781. The highest BCUT2D eigenvalue weighted by Gasteiger charge is 2.18. The Morgan fingerprint density at radius 3 is 0.760 bits per heavy atom. The van der Waals surface area contributed by atoms with Crippen LogP contribution in [0.1, 0.15) is 254 Å². The van der Waals surface area contributed by atoms with Crippen molar-refractivity contribution in [1.29, 1.82) is 0 Å². The minimum absolute atomic E-state index is 0.293. The van der Waals surface area contributed by atoms with Crippen molar-refractivity contribution < 1.29 is 19.1 Å². The zero-order valence-corrected chi connectivity index (χ0v) is 34.0. The van der Waals surface area contributed by atoms with E-state index in [2.05, 4.69) is 27.7 Å². The summed E-state index contributed by atoms with van der Waals surface area (Å²) in [4.78, 5) is 24.7. The van der Waals surface area contributed by atoms with Gasteiger partial charge in [0.05, 0.1) is 24.3 Å². The minimum Gasteiger partial charge on any atom is -0.462 e. The fourth-order valence-electron chi connectivity index (χ4n) is 6.42. The first-order valence-corrected chi connectivity index (χ1v) is 22.0. The Kier molecular flexibility index (Phi) is 38.5. The van der Waals surface area contributed by atoms with Crippen molar-refractivity contribution in [3.05, 3.63) is 35.4 Å². The summed E-state index contributed by atoms with van der Waals surface area (Å²) >= 11 is 0. The number of hydrogen-bond donors (Lipinski definition) is 0. The van der Waals surface area contributed by atoms with Crippen LogP contribution in [0, 0.1) is 0 Å². The highest BCUT2D eigenvalue weighted by Crippen LogP contribution is 2.16. The van der Waals surface area contributed by atoms with E-state index < -0.39 is 11.9 Å². The molecule has 0 aliphatic heterocycles. The van der Waals surface area contributed by atoms with Gasteiger partial charge in [0.25, 0.3) is 0 Å². The monoisotopic (exact) mass is 701 g/mol. The normalized spacial score (nSPS) is 10.9. The molecule has 1 aromatic carbocycles. The molecule has 1 aromatic rings. The summed E-state index contributed by atoms with van der Waals surface area (Å²) in [6.45, 7) is 9.77. The second-order valence-corrected chi connectivity index (χ2v) is 14.7. The molecule has 0 aliphatic carbocycles. The number of esters is 2. The van der Waals surface area contributed by atoms with E-state index in [1.54, 1.807) is 24.3 Å². The first kappa shape index (κ1) is 48.2. The number of hydrogen-bond acceptors (Lipinski definition) is 4. The molecule has 0 fully saturated rings. The summed E-state index contributed by atoms with van der Waals surface area (Å²) in [6.07, 6.45) is 43.0. The molecule has 0 bridgehead atoms. The molecular weight excluding hydrogens is 617 g/mol. The number of ether oxygens (including phenoxy) is 2. The molecule has 50 heavy (non-hydrogen) atoms. The number of rotatable bonds is 35. The van der Waals surface area contributed by atoms with Crippen molar-refractivity contribution in [2.75, 3.05) is 13.2 Å². The Hall–Kier alpha value is -1.84. The lowest BCUT2D eigenvalue weighted by molar-refractivity contribution is 0.0450. The van der Waals surface area contributed by atoms with Gasteiger partial charge in [-0.15, -0.1) is 0 Å². The second kappa shape index (κ2) is 39.9. The smallest absolute Gasteiger partial charge is 0.339 e. The fraction of sp³-hybridized carbons (Fsp3) is 0.826. The van der Waals surface area contributed by atoms with Crippen LogP contribution >= 0.6 is 0 Å². The van der Waals surface area contributed by atoms with Crippen LogP contribution in [0.5, 0.6) is 0 Å². The lowest BCUT2D eigenvalue weighted by atomic mass is 10.0. The van der Waals surface area contributed by atoms with E-state index in [9.17, 15) is 9.59 Å². The van der Waals surface area contributed by atoms with Gasteiger partial charge in [0.1, 0.15) is 0 Å². The van der Waals surface area contributed by atoms with Crippen molar-refractivity contribution in [3.63, 3.8) is 0 Å². The van der Waals surface area contributed by atoms with Crippen LogP contribution in [0.4, 0.5) is 0 Å². The van der Waals surface area contributed by atoms with Gasteiger partial charge in [-0.05, 0) is 25.0 Å². The van der Waals surface area contributed by atoms with Crippen molar-refractivity contribution in [2.24, 2.45) is 0 Å². The summed E-state index contributed by atoms with van der Waals surface area (Å²) in [7, 11) is 0. The van der Waals surface area contributed by atoms with Gasteiger partial charge in [-0.2, -0.15) is 0 Å². The molecular formula is C46H84O4. The zero-order chi connectivity index (χ0) is 36.6. The standard InChI is InChI=1S/C24H38O4.C22H46/c1-3-5-7-9-11-15-19-27-23(25)21-17-13-14-18-22(21)24(26)28-20-16-12-10-8-6-4-2;1-3-5-7-9-11-13-15-17-19-21-22-20-18-16-14-12-10-8-6-4-2/h13-14,17-18H,3-12,15-16,19-20H2,1-2H3;3-22H2,1-2H3. The topological polar surface area (TPSA) is 52.6 Å². The highest BCUT2D eigenvalue weighted by molar-refractivity contribution is 6.03. The third kappa shape index (κ3) is 32.1. The number of carbonyl (C=O) groups is 2. The molecule has 0 N–H and O–H groups in total. The van der Waals surface area contributed by atoms with Crippen LogP contribution in [0.2, 0.25) is 0 Å². The molecule has 4 heteroatoms. The van der Waals surface area contributed by atoms with Crippen molar-refractivity contribution in [2.45, 2.75) is 233 Å². The summed E-state index contributed by atoms with van der Waals surface area (Å²) < 4.78 is 10.7. The quantitative estimate of drug-likeness (QED) is 0.0522. The SMILES string of the molecule is CCCCCCCCCCCCCCCCCCCCCC.CCCCCCCCOC(=O)c1ccccc1C(=O)OCCCCCCCC. The van der Waals surface area contributed by atoms with E-state index in [-0.39, 0.29) is 0 Å². The van der Waals surface area contributed by atoms with Gasteiger partial charge in [-0.1, -0.05) is 232 Å². The lowest BCUT2D eigenvalue weighted by Crippen LogP contribution is -2.15. The molecule has 0 saturated heterocycles. The summed E-state index contributed by atoms with van der Waals surface area (Å²) in [5.41, 5.74) is 0.586. The molecule has 0 spiro atoms. The van der Waals surface area contributed by atoms with E-state index in [1.165, 1.54) is 180 Å². The van der Waals surface area contributed by atoms with Crippen LogP contribution in [0.25, 0.3) is 0 Å². The van der Waals surface area contributed by atoms with E-state index in [0.29, 0.717) is 24.3 Å². The molecule has 1 rings (SSSR count). The highest BCUT2D eigenvalue weighted by atomic mass is 16.5. The van der Waals surface area contributed by atoms with Crippen LogP contribution in [0.3, 0.4) is 0 Å². The van der Waals surface area contributed by atoms with Gasteiger partial charge >= 0.3 is 11.9 Å². The third-order valence-electron chi connectivity index (χ3n) is 9.79. The summed E-state index contributed by atoms with van der Waals surface area (Å²) in [5.74, 6) is -0.888. The molecule has 0 amide bonds. The first-order chi connectivity index (χ1) is 24.6. The fourth-order valence-corrected chi connectivity index (χ4v) is 6.42. The van der Waals surface area contributed by atoms with Gasteiger partial charge < -0.3 is 9.47 Å². The minimum atomic E-state index is -0.444. The Morgan fingerprint density at radius 1 is 0.340 bits per heavy atom. The molecule has 0 radical (unpaired) electrons. The third-order valence-corrected chi connectivity index (χ3v) is 9.79. The lowest BCUT2D eigenvalue weighted by Gasteiger charge is -2.10. The predicted molar refractivity (Wildman–Crippen MR) is 217 cm³/mol. The van der Waals surface area contributed by atoms with Crippen molar-refractivity contribution >= 4 is 11.9 Å². The predicted octanol–water partition coefficient (Wildman–Crippen LogP) is 15.5. The van der Waals surface area contributed by atoms with Crippen LogP contribution in [-0.4, -0.2) is 25.2 Å². The second-order valence-electron chi connectivity index (χ2n) is 14.7. The van der Waals surface area contributed by atoms with Crippen LogP contribution < -0.4 is 0 Å². The average Bonchev–Trinajstić information content (AvgIpc) is 3.13. The summed E-state index contributed by atoms with van der Waals surface area (Å²) in [6, 6.07) is 6.74. The first-order valence-electron chi connectivity index (χ1n) is 22.0. The van der Waals surface area contributed by atoms with E-state index in [1.807, 2.05) is 0 Å². The molecule has 0 aromatic heterocycles. The maximum atomic E-state index is 12.4. The maximum Gasteiger partial charge on any atom is 0.339 e. The van der Waals surface area contributed by atoms with E-state index >= 15 is 0 Å². The molecule has 0 unspecified atom stereocenters. The van der Waals surface area contributed by atoms with E-state index in [4.69, 9.17) is 9.47 Å². The van der Waals surface area contributed by atoms with Gasteiger partial charge in [0, 0.05) is 0 Å². The molecule has 292 valence electrons. The van der Waals surface area contributed by atoms with Crippen molar-refractivity contribution in [1.82, 2.24) is 0 Å². The van der Waals surface area contributed by atoms with Gasteiger partial charge in [-0.25, -0.2) is 9.59 Å². The largest absolute Gasteiger partial charge is 0.462 e. The molecule has 0 heterocycles. The van der Waals surface area contributed by atoms with Crippen LogP contribution in [0.15, 0.2) is 24.3 Å². The van der Waals surface area contributed by atoms with Crippen LogP contribution in [-0.2, 0) is 9.47 Å². The molecule has 4 nitrogen and oxygen atoms in total. The van der Waals surface area contributed by atoms with Gasteiger partial charge in [-0.3, -0.25) is 0 Å². The number of benzene rings is 1. The Morgan fingerprint density at radius 2 is 0.540 bits per heavy atom. The molecule has 0 atom stereocenters. The number of carbonyl (C=O) groups excluding carboxylic acids is 2. The van der Waals surface area contributed by atoms with E-state index in [0.717, 1.165) is 25.7 Å². The number of unbranched alkanes of at least 4 members (excludes halogenated alkanes) is 29. The average molecular weight is 701 g/mol. The Labute approximate surface area is 312 Å². The van der Waals surface area contributed by atoms with Crippen molar-refractivity contribution in [3.8, 4) is 0 Å². The van der Waals surface area contributed by atoms with Gasteiger partial charge in [0.2, 0.25) is 0 Å².